The number of aromatic amines is 1. The predicted molar refractivity (Wildman–Crippen MR) is 70.4 cm³/mol. The van der Waals surface area contributed by atoms with Crippen LogP contribution in [0.4, 0.5) is 14.5 Å². The van der Waals surface area contributed by atoms with Crippen LogP contribution in [0.15, 0.2) is 42.7 Å². The highest BCUT2D eigenvalue weighted by Crippen LogP contribution is 2.17. The van der Waals surface area contributed by atoms with Crippen molar-refractivity contribution in [2.45, 2.75) is 0 Å². The summed E-state index contributed by atoms with van der Waals surface area (Å²) >= 11 is 0. The lowest BCUT2D eigenvalue weighted by Gasteiger charge is -2.06. The minimum Gasteiger partial charge on any atom is -0.345 e. The second kappa shape index (κ2) is 4.73. The summed E-state index contributed by atoms with van der Waals surface area (Å²) in [6.45, 7) is 0. The number of nitrogens with one attached hydrogen (secondary N) is 2. The van der Waals surface area contributed by atoms with Crippen LogP contribution in [0.3, 0.4) is 0 Å². The molecule has 1 aromatic heterocycles. The number of aromatic nitrogens is 2. The van der Waals surface area contributed by atoms with E-state index in [1.54, 1.807) is 18.2 Å². The zero-order valence-electron chi connectivity index (χ0n) is 10.2. The molecule has 0 aliphatic heterocycles. The van der Waals surface area contributed by atoms with Gasteiger partial charge in [0.25, 0.3) is 5.91 Å². The number of rotatable bonds is 2. The molecule has 20 heavy (non-hydrogen) atoms. The molecule has 0 saturated heterocycles. The Morgan fingerprint density at radius 2 is 2.00 bits per heavy atom. The van der Waals surface area contributed by atoms with Gasteiger partial charge in [-0.3, -0.25) is 4.79 Å². The highest BCUT2D eigenvalue weighted by molar-refractivity contribution is 6.05. The van der Waals surface area contributed by atoms with E-state index in [2.05, 4.69) is 15.3 Å². The fourth-order valence-corrected chi connectivity index (χ4v) is 1.89. The Bertz CT molecular complexity index is 798. The molecule has 3 aromatic rings. The summed E-state index contributed by atoms with van der Waals surface area (Å²) in [5.41, 5.74) is 1.80. The number of fused-ring (bicyclic) bond motifs is 1. The van der Waals surface area contributed by atoms with E-state index in [1.165, 1.54) is 6.33 Å². The summed E-state index contributed by atoms with van der Waals surface area (Å²) in [5, 5.41) is 2.55. The number of amides is 1. The maximum atomic E-state index is 13.5. The first kappa shape index (κ1) is 12.3. The number of anilines is 1. The number of halogens is 2. The maximum absolute atomic E-state index is 13.5. The van der Waals surface area contributed by atoms with Gasteiger partial charge in [0.15, 0.2) is 0 Å². The molecule has 0 fully saturated rings. The van der Waals surface area contributed by atoms with Crippen LogP contribution in [0, 0.1) is 11.6 Å². The van der Waals surface area contributed by atoms with Crippen molar-refractivity contribution in [3.8, 4) is 0 Å². The van der Waals surface area contributed by atoms with Crippen LogP contribution in [0.5, 0.6) is 0 Å². The van der Waals surface area contributed by atoms with Gasteiger partial charge in [-0.1, -0.05) is 0 Å². The number of carbonyl (C=O) groups is 1. The fraction of sp³-hybridized carbons (Fsp3) is 0. The molecule has 6 heteroatoms. The van der Waals surface area contributed by atoms with E-state index in [9.17, 15) is 13.6 Å². The monoisotopic (exact) mass is 273 g/mol. The highest BCUT2D eigenvalue weighted by Gasteiger charge is 2.13. The summed E-state index contributed by atoms with van der Waals surface area (Å²) in [7, 11) is 0. The number of nitrogens with zero attached hydrogens (tertiary/aromatic N) is 1. The first-order chi connectivity index (χ1) is 9.63. The molecule has 0 spiro atoms. The van der Waals surface area contributed by atoms with Crippen LogP contribution in [0.2, 0.25) is 0 Å². The van der Waals surface area contributed by atoms with E-state index < -0.39 is 17.5 Å². The summed E-state index contributed by atoms with van der Waals surface area (Å²) in [4.78, 5) is 18.9. The standard InChI is InChI=1S/C14H9F2N3O/c15-8-1-3-10(11(16)5-8)14(20)19-9-2-4-12-13(6-9)18-7-17-12/h1-7H,(H,17,18)(H,19,20). The molecule has 2 aromatic carbocycles. The molecular formula is C14H9F2N3O. The fourth-order valence-electron chi connectivity index (χ4n) is 1.89. The summed E-state index contributed by atoms with van der Waals surface area (Å²) in [5.74, 6) is -2.26. The molecule has 0 radical (unpaired) electrons. The quantitative estimate of drug-likeness (QED) is 0.753. The van der Waals surface area contributed by atoms with Crippen molar-refractivity contribution in [3.63, 3.8) is 0 Å². The SMILES string of the molecule is O=C(Nc1ccc2nc[nH]c2c1)c1ccc(F)cc1F. The normalized spacial score (nSPS) is 10.7. The van der Waals surface area contributed by atoms with E-state index in [0.29, 0.717) is 11.8 Å². The molecular weight excluding hydrogens is 264 g/mol. The van der Waals surface area contributed by atoms with Gasteiger partial charge in [-0.25, -0.2) is 13.8 Å². The molecule has 0 atom stereocenters. The molecule has 0 saturated carbocycles. The molecule has 3 rings (SSSR count). The zero-order valence-corrected chi connectivity index (χ0v) is 10.2. The van der Waals surface area contributed by atoms with Gasteiger partial charge in [-0.2, -0.15) is 0 Å². The van der Waals surface area contributed by atoms with Crippen molar-refractivity contribution in [3.05, 3.63) is 59.9 Å². The second-order valence-electron chi connectivity index (χ2n) is 4.21. The van der Waals surface area contributed by atoms with Crippen LogP contribution in [0.25, 0.3) is 11.0 Å². The first-order valence-electron chi connectivity index (χ1n) is 5.83. The maximum Gasteiger partial charge on any atom is 0.258 e. The van der Waals surface area contributed by atoms with E-state index in [0.717, 1.165) is 23.2 Å². The molecule has 0 aliphatic rings. The smallest absolute Gasteiger partial charge is 0.258 e. The Labute approximate surface area is 112 Å². The zero-order chi connectivity index (χ0) is 14.1. The Morgan fingerprint density at radius 1 is 1.15 bits per heavy atom. The Hall–Kier alpha value is -2.76. The molecule has 2 N–H and O–H groups in total. The number of H-pyrrole nitrogens is 1. The average molecular weight is 273 g/mol. The van der Waals surface area contributed by atoms with E-state index >= 15 is 0 Å². The predicted octanol–water partition coefficient (Wildman–Crippen LogP) is 3.09. The van der Waals surface area contributed by atoms with Gasteiger partial charge in [0.05, 0.1) is 22.9 Å². The van der Waals surface area contributed by atoms with Gasteiger partial charge in [0.2, 0.25) is 0 Å². The summed E-state index contributed by atoms with van der Waals surface area (Å²) < 4.78 is 26.3. The highest BCUT2D eigenvalue weighted by atomic mass is 19.1. The van der Waals surface area contributed by atoms with Crippen LogP contribution < -0.4 is 5.32 Å². The topological polar surface area (TPSA) is 57.8 Å². The van der Waals surface area contributed by atoms with Crippen molar-refractivity contribution < 1.29 is 13.6 Å². The van der Waals surface area contributed by atoms with Gasteiger partial charge < -0.3 is 10.3 Å². The minimum atomic E-state index is -0.898. The lowest BCUT2D eigenvalue weighted by molar-refractivity contribution is 0.102. The number of hydrogen-bond donors (Lipinski definition) is 2. The van der Waals surface area contributed by atoms with Crippen molar-refractivity contribution >= 4 is 22.6 Å². The third-order valence-electron chi connectivity index (χ3n) is 2.85. The molecule has 1 amide bonds. The minimum absolute atomic E-state index is 0.212. The van der Waals surface area contributed by atoms with Gasteiger partial charge in [-0.05, 0) is 30.3 Å². The van der Waals surface area contributed by atoms with Crippen LogP contribution >= 0.6 is 0 Å². The second-order valence-corrected chi connectivity index (χ2v) is 4.21. The molecule has 0 unspecified atom stereocenters. The van der Waals surface area contributed by atoms with Gasteiger partial charge >= 0.3 is 0 Å². The molecule has 4 nitrogen and oxygen atoms in total. The lowest BCUT2D eigenvalue weighted by Crippen LogP contribution is -2.13. The Kier molecular flexibility index (Phi) is 2.90. The molecule has 0 bridgehead atoms. The Morgan fingerprint density at radius 3 is 2.80 bits per heavy atom. The van der Waals surface area contributed by atoms with Gasteiger partial charge in [0, 0.05) is 11.8 Å². The van der Waals surface area contributed by atoms with Crippen molar-refractivity contribution in [2.75, 3.05) is 5.32 Å². The van der Waals surface area contributed by atoms with Crippen LogP contribution in [0.1, 0.15) is 10.4 Å². The van der Waals surface area contributed by atoms with Gasteiger partial charge in [-0.15, -0.1) is 0 Å². The molecule has 0 aliphatic carbocycles. The average Bonchev–Trinajstić information content (AvgIpc) is 2.85. The number of carbonyl (C=O) groups excluding carboxylic acids is 1. The summed E-state index contributed by atoms with van der Waals surface area (Å²) in [6, 6.07) is 7.88. The van der Waals surface area contributed by atoms with Crippen molar-refractivity contribution in [1.82, 2.24) is 9.97 Å². The number of imidazole rings is 1. The molecule has 100 valence electrons. The third kappa shape index (κ3) is 2.23. The number of benzene rings is 2. The van der Waals surface area contributed by atoms with E-state index in [4.69, 9.17) is 0 Å². The molecule has 1 heterocycles. The van der Waals surface area contributed by atoms with Crippen molar-refractivity contribution in [1.29, 1.82) is 0 Å². The van der Waals surface area contributed by atoms with E-state index in [1.807, 2.05) is 0 Å². The largest absolute Gasteiger partial charge is 0.345 e. The van der Waals surface area contributed by atoms with Gasteiger partial charge in [0.1, 0.15) is 11.6 Å². The third-order valence-corrected chi connectivity index (χ3v) is 2.85. The van der Waals surface area contributed by atoms with Crippen LogP contribution in [-0.4, -0.2) is 15.9 Å². The van der Waals surface area contributed by atoms with E-state index in [-0.39, 0.29) is 5.56 Å². The summed E-state index contributed by atoms with van der Waals surface area (Å²) in [6.07, 6.45) is 1.54. The van der Waals surface area contributed by atoms with Crippen LogP contribution in [-0.2, 0) is 0 Å². The first-order valence-corrected chi connectivity index (χ1v) is 5.83. The lowest BCUT2D eigenvalue weighted by atomic mass is 10.2. The Balaban J connectivity index is 1.87. The van der Waals surface area contributed by atoms with Crippen molar-refractivity contribution in [2.24, 2.45) is 0 Å². The number of hydrogen-bond acceptors (Lipinski definition) is 2.